The van der Waals surface area contributed by atoms with Crippen LogP contribution in [-0.2, 0) is 7.05 Å². The second kappa shape index (κ2) is 4.65. The highest BCUT2D eigenvalue weighted by molar-refractivity contribution is 6.35. The van der Waals surface area contributed by atoms with Crippen LogP contribution >= 0.6 is 11.6 Å². The molecule has 3 aromatic rings. The molecule has 0 saturated carbocycles. The molecule has 0 atom stereocenters. The van der Waals surface area contributed by atoms with Gasteiger partial charge in [0, 0.05) is 30.4 Å². The van der Waals surface area contributed by atoms with Crippen molar-refractivity contribution in [1.29, 1.82) is 0 Å². The zero-order valence-electron chi connectivity index (χ0n) is 10.7. The molecule has 0 spiro atoms. The van der Waals surface area contributed by atoms with Gasteiger partial charge in [-0.15, -0.1) is 0 Å². The summed E-state index contributed by atoms with van der Waals surface area (Å²) in [4.78, 5) is 15.5. The van der Waals surface area contributed by atoms with Gasteiger partial charge in [0.05, 0.1) is 21.8 Å². The Morgan fingerprint density at radius 3 is 2.75 bits per heavy atom. The van der Waals surface area contributed by atoms with Gasteiger partial charge in [0.15, 0.2) is 0 Å². The first-order valence-electron chi connectivity index (χ1n) is 6.00. The maximum atomic E-state index is 11.0. The fourth-order valence-corrected chi connectivity index (χ4v) is 2.38. The predicted octanol–water partition coefficient (Wildman–Crippen LogP) is 3.59. The minimum atomic E-state index is -0.977. The zero-order chi connectivity index (χ0) is 14.3. The minimum Gasteiger partial charge on any atom is -0.478 e. The number of carbonyl (C=O) groups is 1. The zero-order valence-corrected chi connectivity index (χ0v) is 11.4. The Balaban J connectivity index is 2.23. The van der Waals surface area contributed by atoms with Crippen molar-refractivity contribution in [3.05, 3.63) is 53.3 Å². The van der Waals surface area contributed by atoms with Crippen LogP contribution in [0.1, 0.15) is 10.4 Å². The molecule has 2 heterocycles. The first-order valence-corrected chi connectivity index (χ1v) is 6.38. The van der Waals surface area contributed by atoms with E-state index in [1.54, 1.807) is 12.1 Å². The number of aromatic carboxylic acids is 1. The van der Waals surface area contributed by atoms with Crippen molar-refractivity contribution in [3.8, 4) is 11.3 Å². The smallest absolute Gasteiger partial charge is 0.335 e. The molecule has 0 aliphatic carbocycles. The average molecular weight is 287 g/mol. The van der Waals surface area contributed by atoms with Gasteiger partial charge in [0.1, 0.15) is 0 Å². The van der Waals surface area contributed by atoms with Crippen LogP contribution in [0.2, 0.25) is 5.02 Å². The molecule has 20 heavy (non-hydrogen) atoms. The molecule has 1 aromatic carbocycles. The quantitative estimate of drug-likeness (QED) is 0.783. The number of fused-ring (bicyclic) bond motifs is 1. The standard InChI is InChI=1S/C15H11ClN2O2/c1-18-5-4-10(8-18)13-7-12(16)11-3-2-9(15(19)20)6-14(11)17-13/h2-8H,1H3,(H,19,20). The molecule has 0 saturated heterocycles. The molecule has 0 aliphatic heterocycles. The Bertz CT molecular complexity index is 824. The molecular weight excluding hydrogens is 276 g/mol. The molecule has 1 N–H and O–H groups in total. The molecule has 0 aliphatic rings. The monoisotopic (exact) mass is 286 g/mol. The summed E-state index contributed by atoms with van der Waals surface area (Å²) in [5, 5.41) is 10.3. The van der Waals surface area contributed by atoms with Gasteiger partial charge in [-0.3, -0.25) is 0 Å². The van der Waals surface area contributed by atoms with Crippen molar-refractivity contribution in [1.82, 2.24) is 9.55 Å². The lowest BCUT2D eigenvalue weighted by Gasteiger charge is -2.05. The minimum absolute atomic E-state index is 0.200. The molecule has 0 radical (unpaired) electrons. The summed E-state index contributed by atoms with van der Waals surface area (Å²) in [6.07, 6.45) is 3.86. The third-order valence-electron chi connectivity index (χ3n) is 3.13. The SMILES string of the molecule is Cn1ccc(-c2cc(Cl)c3ccc(C(=O)O)cc3n2)c1. The Kier molecular flexibility index (Phi) is 2.95. The van der Waals surface area contributed by atoms with Crippen LogP contribution in [0.5, 0.6) is 0 Å². The summed E-state index contributed by atoms with van der Waals surface area (Å²) in [6, 6.07) is 8.48. The van der Waals surface area contributed by atoms with E-state index in [1.807, 2.05) is 30.1 Å². The van der Waals surface area contributed by atoms with Gasteiger partial charge in [0.25, 0.3) is 0 Å². The molecule has 0 fully saturated rings. The summed E-state index contributed by atoms with van der Waals surface area (Å²) in [5.74, 6) is -0.977. The third kappa shape index (κ3) is 2.14. The van der Waals surface area contributed by atoms with Gasteiger partial charge in [-0.2, -0.15) is 0 Å². The molecule has 0 unspecified atom stereocenters. The molecule has 4 nitrogen and oxygen atoms in total. The molecule has 2 aromatic heterocycles. The number of nitrogens with zero attached hydrogens (tertiary/aromatic N) is 2. The molecule has 3 rings (SSSR count). The molecule has 0 bridgehead atoms. The second-order valence-corrected chi connectivity index (χ2v) is 5.00. The Morgan fingerprint density at radius 1 is 1.30 bits per heavy atom. The number of carboxylic acids is 1. The normalized spacial score (nSPS) is 10.9. The number of aryl methyl sites for hydroxylation is 1. The molecular formula is C15H11ClN2O2. The van der Waals surface area contributed by atoms with Gasteiger partial charge < -0.3 is 9.67 Å². The maximum absolute atomic E-state index is 11.0. The van der Waals surface area contributed by atoms with E-state index in [4.69, 9.17) is 16.7 Å². The van der Waals surface area contributed by atoms with Crippen molar-refractivity contribution in [2.75, 3.05) is 0 Å². The van der Waals surface area contributed by atoms with Crippen molar-refractivity contribution in [2.45, 2.75) is 0 Å². The number of hydrogen-bond acceptors (Lipinski definition) is 2. The van der Waals surface area contributed by atoms with Crippen LogP contribution in [0.15, 0.2) is 42.7 Å². The highest BCUT2D eigenvalue weighted by Crippen LogP contribution is 2.28. The first-order chi connectivity index (χ1) is 9.54. The van der Waals surface area contributed by atoms with Gasteiger partial charge in [-0.25, -0.2) is 9.78 Å². The Morgan fingerprint density at radius 2 is 2.10 bits per heavy atom. The number of aromatic nitrogens is 2. The van der Waals surface area contributed by atoms with E-state index in [9.17, 15) is 4.79 Å². The van der Waals surface area contributed by atoms with E-state index in [1.165, 1.54) is 12.1 Å². The van der Waals surface area contributed by atoms with Gasteiger partial charge in [-0.1, -0.05) is 17.7 Å². The van der Waals surface area contributed by atoms with Gasteiger partial charge >= 0.3 is 5.97 Å². The number of carboxylic acid groups (broad SMARTS) is 1. The van der Waals surface area contributed by atoms with E-state index in [-0.39, 0.29) is 5.56 Å². The summed E-state index contributed by atoms with van der Waals surface area (Å²) in [6.45, 7) is 0. The van der Waals surface area contributed by atoms with E-state index in [2.05, 4.69) is 4.98 Å². The lowest BCUT2D eigenvalue weighted by molar-refractivity contribution is 0.0697. The number of benzene rings is 1. The topological polar surface area (TPSA) is 55.1 Å². The van der Waals surface area contributed by atoms with E-state index < -0.39 is 5.97 Å². The second-order valence-electron chi connectivity index (χ2n) is 4.59. The average Bonchev–Trinajstić information content (AvgIpc) is 2.84. The van der Waals surface area contributed by atoms with Crippen molar-refractivity contribution in [2.24, 2.45) is 7.05 Å². The van der Waals surface area contributed by atoms with Crippen LogP contribution in [0.25, 0.3) is 22.2 Å². The summed E-state index contributed by atoms with van der Waals surface area (Å²) in [7, 11) is 1.93. The molecule has 0 amide bonds. The first kappa shape index (κ1) is 12.7. The van der Waals surface area contributed by atoms with E-state index >= 15 is 0 Å². The largest absolute Gasteiger partial charge is 0.478 e. The fraction of sp³-hybridized carbons (Fsp3) is 0.0667. The van der Waals surface area contributed by atoms with Crippen molar-refractivity contribution in [3.63, 3.8) is 0 Å². The van der Waals surface area contributed by atoms with Crippen LogP contribution in [0.4, 0.5) is 0 Å². The van der Waals surface area contributed by atoms with Crippen molar-refractivity contribution < 1.29 is 9.90 Å². The maximum Gasteiger partial charge on any atom is 0.335 e. The lowest BCUT2D eigenvalue weighted by atomic mass is 10.1. The Labute approximate surface area is 120 Å². The van der Waals surface area contributed by atoms with Crippen LogP contribution in [-0.4, -0.2) is 20.6 Å². The predicted molar refractivity (Wildman–Crippen MR) is 78.1 cm³/mol. The van der Waals surface area contributed by atoms with E-state index in [0.717, 1.165) is 16.6 Å². The highest BCUT2D eigenvalue weighted by Gasteiger charge is 2.10. The fourth-order valence-electron chi connectivity index (χ4n) is 2.12. The summed E-state index contributed by atoms with van der Waals surface area (Å²) in [5.41, 5.74) is 2.45. The van der Waals surface area contributed by atoms with Gasteiger partial charge in [0.2, 0.25) is 0 Å². The number of rotatable bonds is 2. The summed E-state index contributed by atoms with van der Waals surface area (Å²) >= 11 is 6.26. The van der Waals surface area contributed by atoms with Crippen LogP contribution in [0, 0.1) is 0 Å². The van der Waals surface area contributed by atoms with Gasteiger partial charge in [-0.05, 0) is 24.3 Å². The number of pyridine rings is 1. The summed E-state index contributed by atoms with van der Waals surface area (Å²) < 4.78 is 1.92. The third-order valence-corrected chi connectivity index (χ3v) is 3.45. The van der Waals surface area contributed by atoms with Crippen LogP contribution in [0.3, 0.4) is 0 Å². The molecule has 5 heteroatoms. The molecule has 100 valence electrons. The number of hydrogen-bond donors (Lipinski definition) is 1. The van der Waals surface area contributed by atoms with Crippen molar-refractivity contribution >= 4 is 28.5 Å². The van der Waals surface area contributed by atoms with Crippen LogP contribution < -0.4 is 0 Å². The number of halogens is 1. The highest BCUT2D eigenvalue weighted by atomic mass is 35.5. The Hall–Kier alpha value is -2.33. The lowest BCUT2D eigenvalue weighted by Crippen LogP contribution is -1.96. The van der Waals surface area contributed by atoms with E-state index in [0.29, 0.717) is 10.5 Å².